The maximum Gasteiger partial charge on any atom is 0.222 e. The van der Waals surface area contributed by atoms with Gasteiger partial charge in [0.05, 0.1) is 16.1 Å². The maximum absolute atomic E-state index is 12.3. The van der Waals surface area contributed by atoms with Crippen LogP contribution in [-0.2, 0) is 4.79 Å². The molecule has 1 rings (SSSR count). The average molecular weight is 272 g/mol. The predicted molar refractivity (Wildman–Crippen MR) is 80.6 cm³/mol. The van der Waals surface area contributed by atoms with Crippen LogP contribution in [-0.4, -0.2) is 38.8 Å². The van der Waals surface area contributed by atoms with Crippen LogP contribution in [0.25, 0.3) is 0 Å². The quantitative estimate of drug-likeness (QED) is 0.721. The first kappa shape index (κ1) is 15.0. The normalized spacial score (nSPS) is 21.5. The van der Waals surface area contributed by atoms with Crippen LogP contribution in [0.3, 0.4) is 0 Å². The number of hydrogen-bond donors (Lipinski definition) is 0. The average Bonchev–Trinajstić information content (AvgIpc) is 2.17. The third-order valence-corrected chi connectivity index (χ3v) is 12.6. The van der Waals surface area contributed by atoms with Gasteiger partial charge in [0.2, 0.25) is 5.91 Å². The fourth-order valence-electron chi connectivity index (χ4n) is 3.59. The Kier molecular flexibility index (Phi) is 3.72. The number of nitrogens with zero attached hydrogens (tertiary/aromatic N) is 1. The van der Waals surface area contributed by atoms with E-state index in [9.17, 15) is 4.79 Å². The molecule has 1 heterocycles. The van der Waals surface area contributed by atoms with Crippen LogP contribution in [0.15, 0.2) is 0 Å². The van der Waals surface area contributed by atoms with Crippen molar-refractivity contribution in [3.8, 4) is 0 Å². The highest BCUT2D eigenvalue weighted by atomic mass is 28.4. The van der Waals surface area contributed by atoms with Gasteiger partial charge in [-0.3, -0.25) is 4.79 Å². The van der Waals surface area contributed by atoms with Gasteiger partial charge >= 0.3 is 0 Å². The van der Waals surface area contributed by atoms with Crippen LogP contribution in [0.2, 0.25) is 39.3 Å². The van der Waals surface area contributed by atoms with E-state index in [-0.39, 0.29) is 5.41 Å². The smallest absolute Gasteiger partial charge is 0.222 e. The second-order valence-corrected chi connectivity index (χ2v) is 19.6. The largest absolute Gasteiger partial charge is 0.345 e. The first-order chi connectivity index (χ1) is 7.34. The maximum atomic E-state index is 12.3. The lowest BCUT2D eigenvalue weighted by molar-refractivity contribution is -0.127. The molecule has 1 amide bonds. The molecule has 0 bridgehead atoms. The summed E-state index contributed by atoms with van der Waals surface area (Å²) in [5.74, 6) is 0.393. The first-order valence-electron chi connectivity index (χ1n) is 6.64. The van der Waals surface area contributed by atoms with Crippen LogP contribution in [0.5, 0.6) is 0 Å². The molecule has 0 spiro atoms. The van der Waals surface area contributed by atoms with E-state index in [1.807, 2.05) is 0 Å². The van der Waals surface area contributed by atoms with Gasteiger partial charge in [-0.05, 0) is 5.41 Å². The lowest BCUT2D eigenvalue weighted by atomic mass is 9.93. The molecular weight excluding hydrogens is 242 g/mol. The topological polar surface area (TPSA) is 20.3 Å². The fourth-order valence-corrected chi connectivity index (χ4v) is 16.3. The molecule has 1 aliphatic heterocycles. The molecule has 0 N–H and O–H groups in total. The zero-order valence-corrected chi connectivity index (χ0v) is 14.8. The van der Waals surface area contributed by atoms with E-state index >= 15 is 0 Å². The summed E-state index contributed by atoms with van der Waals surface area (Å²) in [6, 6.07) is 0. The molecule has 2 nitrogen and oxygen atoms in total. The standard InChI is InChI=1S/C13H29NOSi2/c1-13(2)9-11(15)14(10-13)12(16(3,4)5)17(6,7)8/h12H,9-10H2,1-8H3. The molecule has 100 valence electrons. The predicted octanol–water partition coefficient (Wildman–Crippen LogP) is 3.37. The van der Waals surface area contributed by atoms with E-state index in [0.717, 1.165) is 13.0 Å². The van der Waals surface area contributed by atoms with Crippen molar-refractivity contribution in [3.63, 3.8) is 0 Å². The monoisotopic (exact) mass is 271 g/mol. The van der Waals surface area contributed by atoms with Gasteiger partial charge in [-0.2, -0.15) is 0 Å². The number of rotatable bonds is 3. The Morgan fingerprint density at radius 2 is 1.47 bits per heavy atom. The number of hydrogen-bond acceptors (Lipinski definition) is 1. The highest BCUT2D eigenvalue weighted by molar-refractivity contribution is 6.96. The molecule has 0 aromatic heterocycles. The Morgan fingerprint density at radius 3 is 1.71 bits per heavy atom. The van der Waals surface area contributed by atoms with Gasteiger partial charge < -0.3 is 4.90 Å². The van der Waals surface area contributed by atoms with E-state index in [4.69, 9.17) is 0 Å². The van der Waals surface area contributed by atoms with Crippen LogP contribution >= 0.6 is 0 Å². The summed E-state index contributed by atoms with van der Waals surface area (Å²) in [6.45, 7) is 19.9. The van der Waals surface area contributed by atoms with Crippen molar-refractivity contribution in [3.05, 3.63) is 0 Å². The Balaban J connectivity index is 3.06. The SMILES string of the molecule is CC1(C)CC(=O)N(C([Si](C)(C)C)[Si](C)(C)C)C1. The summed E-state index contributed by atoms with van der Waals surface area (Å²) >= 11 is 0. The summed E-state index contributed by atoms with van der Waals surface area (Å²) in [7, 11) is -2.65. The van der Waals surface area contributed by atoms with Crippen molar-refractivity contribution in [2.24, 2.45) is 5.41 Å². The summed E-state index contributed by atoms with van der Waals surface area (Å²) in [4.78, 5) is 14.5. The Hall–Kier alpha value is -0.0962. The van der Waals surface area contributed by atoms with Crippen molar-refractivity contribution in [2.45, 2.75) is 64.8 Å². The van der Waals surface area contributed by atoms with Gasteiger partial charge in [0, 0.05) is 18.3 Å². The molecule has 0 aliphatic carbocycles. The van der Waals surface area contributed by atoms with E-state index in [1.165, 1.54) is 0 Å². The van der Waals surface area contributed by atoms with E-state index < -0.39 is 16.1 Å². The van der Waals surface area contributed by atoms with E-state index in [2.05, 4.69) is 58.0 Å². The third-order valence-electron chi connectivity index (χ3n) is 3.50. The summed E-state index contributed by atoms with van der Waals surface area (Å²) < 4.78 is 0. The molecule has 17 heavy (non-hydrogen) atoms. The molecule has 0 aromatic carbocycles. The zero-order chi connectivity index (χ0) is 13.6. The number of likely N-dealkylation sites (tertiary alicyclic amines) is 1. The van der Waals surface area contributed by atoms with Crippen molar-refractivity contribution < 1.29 is 4.79 Å². The molecule has 1 saturated heterocycles. The highest BCUT2D eigenvalue weighted by Gasteiger charge is 2.48. The second-order valence-electron chi connectivity index (χ2n) is 8.50. The van der Waals surface area contributed by atoms with Crippen LogP contribution in [0.1, 0.15) is 20.3 Å². The lowest BCUT2D eigenvalue weighted by Crippen LogP contribution is -2.63. The third kappa shape index (κ3) is 3.44. The molecule has 4 heteroatoms. The van der Waals surface area contributed by atoms with Crippen molar-refractivity contribution in [2.75, 3.05) is 6.54 Å². The number of carbonyl (C=O) groups is 1. The highest BCUT2D eigenvalue weighted by Crippen LogP contribution is 2.36. The summed E-state index contributed by atoms with van der Waals surface area (Å²) in [6.07, 6.45) is 0.735. The molecule has 1 aliphatic rings. The number of amides is 1. The summed E-state index contributed by atoms with van der Waals surface area (Å²) in [5, 5.41) is 0.573. The zero-order valence-electron chi connectivity index (χ0n) is 12.8. The van der Waals surface area contributed by atoms with Gasteiger partial charge in [0.15, 0.2) is 0 Å². The minimum Gasteiger partial charge on any atom is -0.345 e. The Morgan fingerprint density at radius 1 is 1.06 bits per heavy atom. The lowest BCUT2D eigenvalue weighted by Gasteiger charge is -2.45. The Bertz CT molecular complexity index is 298. The van der Waals surface area contributed by atoms with Gasteiger partial charge in [0.1, 0.15) is 0 Å². The molecule has 0 aromatic rings. The van der Waals surface area contributed by atoms with Crippen molar-refractivity contribution >= 4 is 22.1 Å². The molecular formula is C13H29NOSi2. The molecule has 0 radical (unpaired) electrons. The van der Waals surface area contributed by atoms with E-state index in [1.54, 1.807) is 0 Å². The number of carbonyl (C=O) groups excluding carboxylic acids is 1. The van der Waals surface area contributed by atoms with Crippen molar-refractivity contribution in [1.29, 1.82) is 0 Å². The minimum atomic E-state index is -1.32. The van der Waals surface area contributed by atoms with Gasteiger partial charge in [0.25, 0.3) is 0 Å². The summed E-state index contributed by atoms with van der Waals surface area (Å²) in [5.41, 5.74) is 0.175. The molecule has 0 unspecified atom stereocenters. The second kappa shape index (κ2) is 4.23. The Labute approximate surface area is 109 Å². The van der Waals surface area contributed by atoms with E-state index in [0.29, 0.717) is 11.2 Å². The van der Waals surface area contributed by atoms with Crippen LogP contribution in [0, 0.1) is 5.41 Å². The van der Waals surface area contributed by atoms with Gasteiger partial charge in [-0.25, -0.2) is 0 Å². The molecule has 0 saturated carbocycles. The van der Waals surface area contributed by atoms with Crippen molar-refractivity contribution in [1.82, 2.24) is 4.90 Å². The van der Waals surface area contributed by atoms with Gasteiger partial charge in [-0.15, -0.1) is 0 Å². The van der Waals surface area contributed by atoms with Crippen LogP contribution < -0.4 is 0 Å². The fraction of sp³-hybridized carbons (Fsp3) is 0.923. The molecule has 1 fully saturated rings. The molecule has 0 atom stereocenters. The minimum absolute atomic E-state index is 0.175. The van der Waals surface area contributed by atoms with Crippen LogP contribution in [0.4, 0.5) is 0 Å². The van der Waals surface area contributed by atoms with Gasteiger partial charge in [-0.1, -0.05) is 53.1 Å². The first-order valence-corrected chi connectivity index (χ1v) is 13.8.